The van der Waals surface area contributed by atoms with Crippen LogP contribution in [0.1, 0.15) is 12.5 Å². The molecule has 1 aliphatic heterocycles. The van der Waals surface area contributed by atoms with E-state index < -0.39 is 11.9 Å². The Morgan fingerprint density at radius 3 is 2.52 bits per heavy atom. The number of anilines is 1. The predicted octanol–water partition coefficient (Wildman–Crippen LogP) is 2.58. The normalized spacial score (nSPS) is 12.2. The molecule has 7 heteroatoms. The molecule has 0 bridgehead atoms. The summed E-state index contributed by atoms with van der Waals surface area (Å²) in [7, 11) is 0. The van der Waals surface area contributed by atoms with Crippen molar-refractivity contribution < 1.29 is 28.5 Å². The lowest BCUT2D eigenvalue weighted by Crippen LogP contribution is -2.21. The van der Waals surface area contributed by atoms with Gasteiger partial charge in [-0.2, -0.15) is 0 Å². The molecule has 7 nitrogen and oxygen atoms in total. The Labute approximate surface area is 157 Å². The molecule has 1 aliphatic rings. The van der Waals surface area contributed by atoms with Crippen molar-refractivity contribution >= 4 is 17.6 Å². The maximum Gasteiger partial charge on any atom is 0.310 e. The number of hydrogen-bond acceptors (Lipinski definition) is 6. The van der Waals surface area contributed by atoms with Crippen molar-refractivity contribution in [3.05, 3.63) is 48.0 Å². The van der Waals surface area contributed by atoms with Gasteiger partial charge in [0.05, 0.1) is 13.0 Å². The Bertz CT molecular complexity index is 803. The van der Waals surface area contributed by atoms with E-state index in [0.717, 1.165) is 11.3 Å². The highest BCUT2D eigenvalue weighted by Crippen LogP contribution is 2.30. The number of fused-ring (bicyclic) bond motifs is 1. The van der Waals surface area contributed by atoms with Gasteiger partial charge in [-0.15, -0.1) is 0 Å². The van der Waals surface area contributed by atoms with E-state index in [1.54, 1.807) is 42.5 Å². The minimum Gasteiger partial charge on any atom is -0.494 e. The van der Waals surface area contributed by atoms with Gasteiger partial charge in [-0.1, -0.05) is 6.07 Å². The lowest BCUT2D eigenvalue weighted by Gasteiger charge is -2.18. The standard InChI is InChI=1S/C20H21NO6/c1-2-24-16-6-4-15(5-7-16)21-19(22)13-27-20(23)12-14-3-8-17-18(11-14)26-10-9-25-17/h3-8,11H,2,9-10,12-13H2,1H3,(H,21,22). The van der Waals surface area contributed by atoms with Crippen molar-refractivity contribution in [1.82, 2.24) is 0 Å². The first-order chi connectivity index (χ1) is 13.1. The SMILES string of the molecule is CCOc1ccc(NC(=O)COC(=O)Cc2ccc3c(c2)OCCO3)cc1. The van der Waals surface area contributed by atoms with E-state index in [-0.39, 0.29) is 13.0 Å². The minimum atomic E-state index is -0.492. The van der Waals surface area contributed by atoms with Gasteiger partial charge in [0.2, 0.25) is 0 Å². The Morgan fingerprint density at radius 1 is 1.04 bits per heavy atom. The van der Waals surface area contributed by atoms with Crippen molar-refractivity contribution in [3.63, 3.8) is 0 Å². The van der Waals surface area contributed by atoms with E-state index in [4.69, 9.17) is 18.9 Å². The van der Waals surface area contributed by atoms with Gasteiger partial charge in [-0.3, -0.25) is 9.59 Å². The van der Waals surface area contributed by atoms with Crippen LogP contribution in [0, 0.1) is 0 Å². The Morgan fingerprint density at radius 2 is 1.78 bits per heavy atom. The quantitative estimate of drug-likeness (QED) is 0.754. The van der Waals surface area contributed by atoms with Gasteiger partial charge in [-0.25, -0.2) is 0 Å². The fourth-order valence-electron chi connectivity index (χ4n) is 2.56. The van der Waals surface area contributed by atoms with Gasteiger partial charge in [0.25, 0.3) is 5.91 Å². The van der Waals surface area contributed by atoms with Crippen LogP contribution in [0.4, 0.5) is 5.69 Å². The second-order valence-electron chi connectivity index (χ2n) is 5.82. The monoisotopic (exact) mass is 371 g/mol. The maximum atomic E-state index is 12.0. The first kappa shape index (κ1) is 18.6. The van der Waals surface area contributed by atoms with Gasteiger partial charge < -0.3 is 24.3 Å². The zero-order chi connectivity index (χ0) is 19.1. The third kappa shape index (κ3) is 5.37. The number of benzene rings is 2. The molecule has 1 heterocycles. The number of rotatable bonds is 7. The van der Waals surface area contributed by atoms with Crippen LogP contribution in [-0.4, -0.2) is 38.3 Å². The van der Waals surface area contributed by atoms with E-state index >= 15 is 0 Å². The molecule has 2 aromatic carbocycles. The Hall–Kier alpha value is -3.22. The van der Waals surface area contributed by atoms with E-state index in [1.165, 1.54) is 0 Å². The van der Waals surface area contributed by atoms with Crippen LogP contribution in [-0.2, 0) is 20.7 Å². The molecule has 2 aromatic rings. The number of ether oxygens (including phenoxy) is 4. The second-order valence-corrected chi connectivity index (χ2v) is 5.82. The molecule has 0 unspecified atom stereocenters. The largest absolute Gasteiger partial charge is 0.494 e. The first-order valence-electron chi connectivity index (χ1n) is 8.71. The summed E-state index contributed by atoms with van der Waals surface area (Å²) in [4.78, 5) is 23.9. The number of amides is 1. The highest BCUT2D eigenvalue weighted by Gasteiger charge is 2.14. The summed E-state index contributed by atoms with van der Waals surface area (Å²) in [6, 6.07) is 12.2. The van der Waals surface area contributed by atoms with Crippen molar-refractivity contribution in [1.29, 1.82) is 0 Å². The highest BCUT2D eigenvalue weighted by molar-refractivity contribution is 5.92. The first-order valence-corrected chi connectivity index (χ1v) is 8.71. The number of carbonyl (C=O) groups is 2. The smallest absolute Gasteiger partial charge is 0.310 e. The van der Waals surface area contributed by atoms with Crippen LogP contribution in [0.5, 0.6) is 17.2 Å². The van der Waals surface area contributed by atoms with Gasteiger partial charge in [-0.05, 0) is 48.9 Å². The topological polar surface area (TPSA) is 83.1 Å². The molecule has 0 radical (unpaired) electrons. The summed E-state index contributed by atoms with van der Waals surface area (Å²) in [6.07, 6.45) is 0.0486. The minimum absolute atomic E-state index is 0.0486. The average molecular weight is 371 g/mol. The van der Waals surface area contributed by atoms with Crippen molar-refractivity contribution in [2.45, 2.75) is 13.3 Å². The average Bonchev–Trinajstić information content (AvgIpc) is 2.68. The predicted molar refractivity (Wildman–Crippen MR) is 98.3 cm³/mol. The Balaban J connectivity index is 1.45. The summed E-state index contributed by atoms with van der Waals surface area (Å²) in [6.45, 7) is 3.11. The van der Waals surface area contributed by atoms with Crippen LogP contribution >= 0.6 is 0 Å². The van der Waals surface area contributed by atoms with E-state index in [0.29, 0.717) is 37.0 Å². The molecule has 0 atom stereocenters. The van der Waals surface area contributed by atoms with Gasteiger partial charge >= 0.3 is 5.97 Å². The fraction of sp³-hybridized carbons (Fsp3) is 0.300. The van der Waals surface area contributed by atoms with E-state index in [9.17, 15) is 9.59 Å². The summed E-state index contributed by atoms with van der Waals surface area (Å²) in [5, 5.41) is 2.66. The molecular formula is C20H21NO6. The zero-order valence-electron chi connectivity index (χ0n) is 15.0. The number of nitrogens with one attached hydrogen (secondary N) is 1. The molecule has 27 heavy (non-hydrogen) atoms. The van der Waals surface area contributed by atoms with Crippen LogP contribution in [0.3, 0.4) is 0 Å². The fourth-order valence-corrected chi connectivity index (χ4v) is 2.56. The molecule has 0 spiro atoms. The molecule has 0 fully saturated rings. The van der Waals surface area contributed by atoms with Crippen molar-refractivity contribution in [2.24, 2.45) is 0 Å². The zero-order valence-corrected chi connectivity index (χ0v) is 15.0. The van der Waals surface area contributed by atoms with Gasteiger partial charge in [0.15, 0.2) is 18.1 Å². The number of hydrogen-bond donors (Lipinski definition) is 1. The molecule has 1 N–H and O–H groups in total. The lowest BCUT2D eigenvalue weighted by molar-refractivity contribution is -0.146. The number of carbonyl (C=O) groups excluding carboxylic acids is 2. The third-order valence-electron chi connectivity index (χ3n) is 3.77. The second kappa shape index (κ2) is 8.93. The van der Waals surface area contributed by atoms with Gasteiger partial charge in [0, 0.05) is 5.69 Å². The maximum absolute atomic E-state index is 12.0. The summed E-state index contributed by atoms with van der Waals surface area (Å²) >= 11 is 0. The van der Waals surface area contributed by atoms with Crippen LogP contribution in [0.25, 0.3) is 0 Å². The molecule has 142 valence electrons. The molecule has 0 saturated heterocycles. The van der Waals surface area contributed by atoms with Crippen LogP contribution < -0.4 is 19.5 Å². The summed E-state index contributed by atoms with van der Waals surface area (Å²) in [5.74, 6) is 1.09. The molecule has 0 saturated carbocycles. The van der Waals surface area contributed by atoms with Crippen molar-refractivity contribution in [3.8, 4) is 17.2 Å². The summed E-state index contributed by atoms with van der Waals surface area (Å²) in [5.41, 5.74) is 1.34. The van der Waals surface area contributed by atoms with Crippen LogP contribution in [0.2, 0.25) is 0 Å². The number of esters is 1. The third-order valence-corrected chi connectivity index (χ3v) is 3.77. The molecule has 0 aliphatic carbocycles. The van der Waals surface area contributed by atoms with E-state index in [1.807, 2.05) is 6.92 Å². The van der Waals surface area contributed by atoms with E-state index in [2.05, 4.69) is 5.32 Å². The molecular weight excluding hydrogens is 350 g/mol. The molecule has 0 aromatic heterocycles. The molecule has 3 rings (SSSR count). The highest BCUT2D eigenvalue weighted by atomic mass is 16.6. The Kier molecular flexibility index (Phi) is 6.14. The van der Waals surface area contributed by atoms with Crippen LogP contribution in [0.15, 0.2) is 42.5 Å². The van der Waals surface area contributed by atoms with Crippen molar-refractivity contribution in [2.75, 3.05) is 31.7 Å². The lowest BCUT2D eigenvalue weighted by atomic mass is 10.1. The molecule has 1 amide bonds. The van der Waals surface area contributed by atoms with Gasteiger partial charge in [0.1, 0.15) is 19.0 Å². The summed E-state index contributed by atoms with van der Waals surface area (Å²) < 4.78 is 21.3.